The fourth-order valence-corrected chi connectivity index (χ4v) is 1.02. The molecule has 2 rings (SSSR count). The first kappa shape index (κ1) is 6.46. The van der Waals surface area contributed by atoms with E-state index in [1.165, 1.54) is 0 Å². The molecule has 0 fully saturated rings. The summed E-state index contributed by atoms with van der Waals surface area (Å²) in [5.41, 5.74) is 0.620. The summed E-state index contributed by atoms with van der Waals surface area (Å²) in [5.74, 6) is 1.34. The van der Waals surface area contributed by atoms with E-state index in [1.54, 1.807) is 18.2 Å². The molecule has 0 radical (unpaired) electrons. The first-order valence-electron chi connectivity index (χ1n) is 3.34. The third-order valence-electron chi connectivity index (χ3n) is 1.59. The minimum absolute atomic E-state index is 0.241. The first-order chi connectivity index (χ1) is 5.40. The van der Waals surface area contributed by atoms with Crippen LogP contribution in [0.5, 0.6) is 11.5 Å². The third kappa shape index (κ3) is 1.02. The Morgan fingerprint density at radius 3 is 2.91 bits per heavy atom. The van der Waals surface area contributed by atoms with Crippen molar-refractivity contribution in [3.8, 4) is 11.5 Å². The van der Waals surface area contributed by atoms with Crippen LogP contribution < -0.4 is 9.47 Å². The Labute approximate surface area is 63.5 Å². The van der Waals surface area contributed by atoms with Crippen LogP contribution in [0.1, 0.15) is 5.56 Å². The minimum atomic E-state index is -0.462. The maximum Gasteiger partial charge on any atom is 0.231 e. The van der Waals surface area contributed by atoms with Gasteiger partial charge in [0.25, 0.3) is 0 Å². The van der Waals surface area contributed by atoms with Crippen LogP contribution in [0.15, 0.2) is 18.2 Å². The van der Waals surface area contributed by atoms with E-state index in [4.69, 9.17) is 9.47 Å². The van der Waals surface area contributed by atoms with Crippen LogP contribution in [0.4, 0.5) is 4.39 Å². The number of hydrogen-bond donors (Lipinski definition) is 0. The van der Waals surface area contributed by atoms with Crippen molar-refractivity contribution in [3.63, 3.8) is 0 Å². The molecule has 0 bridgehead atoms. The number of benzene rings is 1. The van der Waals surface area contributed by atoms with Gasteiger partial charge in [0.15, 0.2) is 11.5 Å². The average Bonchev–Trinajstić information content (AvgIpc) is 2.50. The second kappa shape index (κ2) is 2.42. The maximum atomic E-state index is 12.1. The predicted molar refractivity (Wildman–Crippen MR) is 37.4 cm³/mol. The van der Waals surface area contributed by atoms with Crippen molar-refractivity contribution in [3.05, 3.63) is 23.8 Å². The summed E-state index contributed by atoms with van der Waals surface area (Å²) in [7, 11) is 0. The van der Waals surface area contributed by atoms with E-state index in [9.17, 15) is 4.39 Å². The van der Waals surface area contributed by atoms with Crippen LogP contribution in [0.25, 0.3) is 0 Å². The zero-order valence-corrected chi connectivity index (χ0v) is 5.84. The SMILES string of the molecule is FCc1ccc2c(c1)OCO2. The molecule has 58 valence electrons. The first-order valence-corrected chi connectivity index (χ1v) is 3.34. The number of alkyl halides is 1. The van der Waals surface area contributed by atoms with Crippen molar-refractivity contribution in [1.29, 1.82) is 0 Å². The highest BCUT2D eigenvalue weighted by Gasteiger charge is 2.12. The molecule has 1 heterocycles. The second-order valence-corrected chi connectivity index (χ2v) is 2.32. The van der Waals surface area contributed by atoms with Crippen molar-refractivity contribution >= 4 is 0 Å². The van der Waals surface area contributed by atoms with E-state index < -0.39 is 6.67 Å². The number of rotatable bonds is 1. The van der Waals surface area contributed by atoms with E-state index in [1.807, 2.05) is 0 Å². The van der Waals surface area contributed by atoms with Gasteiger partial charge in [-0.15, -0.1) is 0 Å². The van der Waals surface area contributed by atoms with Gasteiger partial charge in [0.05, 0.1) is 0 Å². The lowest BCUT2D eigenvalue weighted by molar-refractivity contribution is 0.174. The molecular formula is C8H7FO2. The lowest BCUT2D eigenvalue weighted by atomic mass is 10.2. The molecule has 0 atom stereocenters. The molecule has 0 amide bonds. The fourth-order valence-electron chi connectivity index (χ4n) is 1.02. The Bertz CT molecular complexity index is 273. The molecule has 1 aromatic rings. The summed E-state index contributed by atoms with van der Waals surface area (Å²) >= 11 is 0. The molecule has 0 saturated carbocycles. The minimum Gasteiger partial charge on any atom is -0.454 e. The summed E-state index contributed by atoms with van der Waals surface area (Å²) in [5, 5.41) is 0. The molecule has 2 nitrogen and oxygen atoms in total. The summed E-state index contributed by atoms with van der Waals surface area (Å²) in [6.45, 7) is -0.221. The number of ether oxygens (including phenoxy) is 2. The van der Waals surface area contributed by atoms with E-state index in [0.29, 0.717) is 17.1 Å². The van der Waals surface area contributed by atoms with Gasteiger partial charge < -0.3 is 9.47 Å². The summed E-state index contributed by atoms with van der Waals surface area (Å²) in [6, 6.07) is 5.06. The Kier molecular flexibility index (Phi) is 1.42. The predicted octanol–water partition coefficient (Wildman–Crippen LogP) is 1.88. The second-order valence-electron chi connectivity index (χ2n) is 2.32. The highest BCUT2D eigenvalue weighted by molar-refractivity contribution is 5.44. The van der Waals surface area contributed by atoms with Gasteiger partial charge in [0.1, 0.15) is 6.67 Å². The number of fused-ring (bicyclic) bond motifs is 1. The summed E-state index contributed by atoms with van der Waals surface area (Å²) in [6.07, 6.45) is 0. The highest BCUT2D eigenvalue weighted by Crippen LogP contribution is 2.32. The molecule has 0 N–H and O–H groups in total. The standard InChI is InChI=1S/C8H7FO2/c9-4-6-1-2-7-8(3-6)11-5-10-7/h1-3H,4-5H2. The highest BCUT2D eigenvalue weighted by atomic mass is 19.1. The summed E-state index contributed by atoms with van der Waals surface area (Å²) < 4.78 is 22.2. The van der Waals surface area contributed by atoms with Crippen LogP contribution in [0.3, 0.4) is 0 Å². The van der Waals surface area contributed by atoms with Gasteiger partial charge in [-0.05, 0) is 17.7 Å². The topological polar surface area (TPSA) is 18.5 Å². The lowest BCUT2D eigenvalue weighted by Gasteiger charge is -1.96. The Morgan fingerprint density at radius 2 is 2.09 bits per heavy atom. The molecule has 1 aromatic carbocycles. The molecule has 0 unspecified atom stereocenters. The molecule has 1 aliphatic rings. The van der Waals surface area contributed by atoms with Crippen molar-refractivity contribution in [2.75, 3.05) is 6.79 Å². The molecule has 11 heavy (non-hydrogen) atoms. The van der Waals surface area contributed by atoms with Crippen LogP contribution in [-0.2, 0) is 6.67 Å². The quantitative estimate of drug-likeness (QED) is 0.614. The molecule has 0 aromatic heterocycles. The zero-order chi connectivity index (χ0) is 7.68. The molecule has 3 heteroatoms. The zero-order valence-electron chi connectivity index (χ0n) is 5.84. The van der Waals surface area contributed by atoms with Gasteiger partial charge in [0, 0.05) is 0 Å². The normalized spacial score (nSPS) is 13.5. The molecular weight excluding hydrogens is 147 g/mol. The van der Waals surface area contributed by atoms with Gasteiger partial charge in [-0.1, -0.05) is 6.07 Å². The Balaban J connectivity index is 2.41. The Hall–Kier alpha value is -1.25. The largest absolute Gasteiger partial charge is 0.454 e. The van der Waals surface area contributed by atoms with Crippen LogP contribution in [0.2, 0.25) is 0 Å². The van der Waals surface area contributed by atoms with Gasteiger partial charge in [-0.3, -0.25) is 0 Å². The lowest BCUT2D eigenvalue weighted by Crippen LogP contribution is -1.92. The average molecular weight is 154 g/mol. The maximum absolute atomic E-state index is 12.1. The van der Waals surface area contributed by atoms with Crippen molar-refractivity contribution in [2.45, 2.75) is 6.67 Å². The molecule has 0 saturated heterocycles. The van der Waals surface area contributed by atoms with Gasteiger partial charge >= 0.3 is 0 Å². The van der Waals surface area contributed by atoms with Crippen molar-refractivity contribution in [1.82, 2.24) is 0 Å². The van der Waals surface area contributed by atoms with E-state index >= 15 is 0 Å². The molecule has 1 aliphatic heterocycles. The van der Waals surface area contributed by atoms with E-state index in [-0.39, 0.29) is 6.79 Å². The third-order valence-corrected chi connectivity index (χ3v) is 1.59. The summed E-state index contributed by atoms with van der Waals surface area (Å²) in [4.78, 5) is 0. The van der Waals surface area contributed by atoms with Gasteiger partial charge in [-0.2, -0.15) is 0 Å². The van der Waals surface area contributed by atoms with E-state index in [0.717, 1.165) is 0 Å². The fraction of sp³-hybridized carbons (Fsp3) is 0.250. The molecule has 0 aliphatic carbocycles. The van der Waals surface area contributed by atoms with E-state index in [2.05, 4.69) is 0 Å². The smallest absolute Gasteiger partial charge is 0.231 e. The number of halogens is 1. The van der Waals surface area contributed by atoms with Crippen molar-refractivity contribution in [2.24, 2.45) is 0 Å². The monoisotopic (exact) mass is 154 g/mol. The van der Waals surface area contributed by atoms with Crippen LogP contribution >= 0.6 is 0 Å². The Morgan fingerprint density at radius 1 is 1.27 bits per heavy atom. The van der Waals surface area contributed by atoms with Crippen LogP contribution in [0, 0.1) is 0 Å². The van der Waals surface area contributed by atoms with Gasteiger partial charge in [-0.25, -0.2) is 4.39 Å². The van der Waals surface area contributed by atoms with Crippen LogP contribution in [-0.4, -0.2) is 6.79 Å². The van der Waals surface area contributed by atoms with Gasteiger partial charge in [0.2, 0.25) is 6.79 Å². The van der Waals surface area contributed by atoms with Crippen molar-refractivity contribution < 1.29 is 13.9 Å². The number of hydrogen-bond acceptors (Lipinski definition) is 2. The molecule has 0 spiro atoms.